The second kappa shape index (κ2) is 12.6. The Bertz CT molecular complexity index is 1390. The lowest BCUT2D eigenvalue weighted by molar-refractivity contribution is -0.137. The molecule has 0 bridgehead atoms. The molecule has 1 amide bonds. The van der Waals surface area contributed by atoms with E-state index in [4.69, 9.17) is 4.74 Å². The summed E-state index contributed by atoms with van der Waals surface area (Å²) in [6.45, 7) is 10.3. The van der Waals surface area contributed by atoms with Crippen molar-refractivity contribution in [3.05, 3.63) is 107 Å². The quantitative estimate of drug-likeness (QED) is 0.270. The maximum atomic E-state index is 14.5. The van der Waals surface area contributed by atoms with Crippen molar-refractivity contribution in [3.63, 3.8) is 0 Å². The number of esters is 1. The van der Waals surface area contributed by atoms with Crippen LogP contribution < -0.4 is 5.32 Å². The summed E-state index contributed by atoms with van der Waals surface area (Å²) in [7, 11) is 0. The molecule has 1 aliphatic heterocycles. The van der Waals surface area contributed by atoms with Crippen molar-refractivity contribution >= 4 is 11.9 Å². The van der Waals surface area contributed by atoms with E-state index in [1.807, 2.05) is 44.2 Å². The fourth-order valence-corrected chi connectivity index (χ4v) is 6.76. The van der Waals surface area contributed by atoms with Crippen molar-refractivity contribution in [1.82, 2.24) is 10.2 Å². The monoisotopic (exact) mass is 584 g/mol. The van der Waals surface area contributed by atoms with Gasteiger partial charge in [0.25, 0.3) is 0 Å². The van der Waals surface area contributed by atoms with Gasteiger partial charge in [-0.1, -0.05) is 75.4 Å². The number of halogens is 1. The Balaban J connectivity index is 1.52. The smallest absolute Gasteiger partial charge is 0.338 e. The third-order valence-electron chi connectivity index (χ3n) is 9.00. The van der Waals surface area contributed by atoms with E-state index in [0.717, 1.165) is 49.7 Å². The van der Waals surface area contributed by atoms with Gasteiger partial charge < -0.3 is 9.64 Å². The summed E-state index contributed by atoms with van der Waals surface area (Å²) in [5, 5.41) is 3.79. The van der Waals surface area contributed by atoms with E-state index in [-0.39, 0.29) is 35.3 Å². The topological polar surface area (TPSA) is 58.6 Å². The fraction of sp³-hybridized carbons (Fsp3) is 0.459. The van der Waals surface area contributed by atoms with Gasteiger partial charge in [-0.3, -0.25) is 10.1 Å². The third kappa shape index (κ3) is 7.01. The fourth-order valence-electron chi connectivity index (χ4n) is 6.76. The van der Waals surface area contributed by atoms with Gasteiger partial charge >= 0.3 is 5.97 Å². The molecule has 3 aromatic rings. The minimum atomic E-state index is -0.550. The van der Waals surface area contributed by atoms with Gasteiger partial charge in [0, 0.05) is 0 Å². The summed E-state index contributed by atoms with van der Waals surface area (Å²) in [6, 6.07) is 23.8. The molecule has 1 spiro atoms. The predicted octanol–water partition coefficient (Wildman–Crippen LogP) is 8.49. The Kier molecular flexibility index (Phi) is 9.07. The van der Waals surface area contributed by atoms with Gasteiger partial charge in [-0.25, -0.2) is 9.18 Å². The lowest BCUT2D eigenvalue weighted by Crippen LogP contribution is -2.55. The number of carbonyl (C=O) groups excluding carboxylic acids is 2. The van der Waals surface area contributed by atoms with Crippen LogP contribution in [0.2, 0.25) is 0 Å². The Hall–Kier alpha value is -3.51. The molecule has 2 aliphatic rings. The first-order valence-corrected chi connectivity index (χ1v) is 15.7. The number of rotatable bonds is 8. The van der Waals surface area contributed by atoms with Crippen LogP contribution in [0.1, 0.15) is 118 Å². The van der Waals surface area contributed by atoms with Crippen molar-refractivity contribution < 1.29 is 18.7 Å². The highest BCUT2D eigenvalue weighted by Gasteiger charge is 2.54. The summed E-state index contributed by atoms with van der Waals surface area (Å²) in [5.41, 5.74) is 3.17. The number of nitrogens with zero attached hydrogens (tertiary/aromatic N) is 1. The van der Waals surface area contributed by atoms with Crippen molar-refractivity contribution in [1.29, 1.82) is 0 Å². The summed E-state index contributed by atoms with van der Waals surface area (Å²) < 4.78 is 19.3. The van der Waals surface area contributed by atoms with Crippen LogP contribution in [-0.2, 0) is 9.53 Å². The van der Waals surface area contributed by atoms with Gasteiger partial charge in [0.15, 0.2) is 0 Å². The molecule has 43 heavy (non-hydrogen) atoms. The minimum Gasteiger partial charge on any atom is -0.459 e. The average molecular weight is 585 g/mol. The molecule has 6 heteroatoms. The highest BCUT2D eigenvalue weighted by Crippen LogP contribution is 2.49. The zero-order chi connectivity index (χ0) is 30.8. The molecule has 2 fully saturated rings. The molecular formula is C37H45FN2O3. The van der Waals surface area contributed by atoms with Crippen molar-refractivity contribution in [2.75, 3.05) is 0 Å². The standard InChI is InChI=1S/C37H45FN2O3/c1-25(2)43-35(42)30-13-11-28(12-14-30)32(21-22-36(3,4)5)40-34(41)33(29-15-17-31(38)18-16-29)39-37(40)23-19-27(20-24-37)26-9-7-6-8-10-26/h6-18,25,27,32-33,39H,19-24H2,1-5H3/t27?,32-,33?,37?/m1/s1. The third-order valence-corrected chi connectivity index (χ3v) is 9.00. The van der Waals surface area contributed by atoms with Gasteiger partial charge in [0.05, 0.1) is 23.4 Å². The number of hydrogen-bond donors (Lipinski definition) is 1. The molecule has 2 atom stereocenters. The molecule has 228 valence electrons. The van der Waals surface area contributed by atoms with Crippen molar-refractivity contribution in [2.24, 2.45) is 5.41 Å². The summed E-state index contributed by atoms with van der Waals surface area (Å²) >= 11 is 0. The van der Waals surface area contributed by atoms with E-state index >= 15 is 0 Å². The number of benzene rings is 3. The number of carbonyl (C=O) groups is 2. The first kappa shape index (κ1) is 30.9. The number of amides is 1. The SMILES string of the molecule is CC(C)OC(=O)c1ccc([C@@H](CCC(C)(C)C)N2C(=O)C(c3ccc(F)cc3)NC23CCC(c2ccccc2)CC3)cc1. The van der Waals surface area contributed by atoms with E-state index in [1.165, 1.54) is 17.7 Å². The van der Waals surface area contributed by atoms with Crippen molar-refractivity contribution in [2.45, 2.75) is 103 Å². The zero-order valence-corrected chi connectivity index (χ0v) is 26.1. The Morgan fingerprint density at radius 1 is 0.953 bits per heavy atom. The minimum absolute atomic E-state index is 0.0203. The highest BCUT2D eigenvalue weighted by atomic mass is 19.1. The molecule has 1 saturated heterocycles. The number of nitrogens with one attached hydrogen (secondary N) is 1. The number of hydrogen-bond acceptors (Lipinski definition) is 4. The normalized spacial score (nSPS) is 23.1. The molecule has 1 saturated carbocycles. The van der Waals surface area contributed by atoms with E-state index in [1.54, 1.807) is 12.1 Å². The summed E-state index contributed by atoms with van der Waals surface area (Å²) in [4.78, 5) is 29.3. The molecule has 3 aromatic carbocycles. The molecule has 1 N–H and O–H groups in total. The van der Waals surface area contributed by atoms with E-state index in [2.05, 4.69) is 55.3 Å². The Morgan fingerprint density at radius 2 is 1.58 bits per heavy atom. The zero-order valence-electron chi connectivity index (χ0n) is 26.1. The number of ether oxygens (including phenoxy) is 1. The van der Waals surface area contributed by atoms with Crippen molar-refractivity contribution in [3.8, 4) is 0 Å². The lowest BCUT2D eigenvalue weighted by atomic mass is 9.77. The predicted molar refractivity (Wildman–Crippen MR) is 168 cm³/mol. The van der Waals surface area contributed by atoms with Crippen LogP contribution in [0.25, 0.3) is 0 Å². The molecule has 0 radical (unpaired) electrons. The maximum absolute atomic E-state index is 14.5. The van der Waals surface area contributed by atoms with Crippen LogP contribution in [0.3, 0.4) is 0 Å². The van der Waals surface area contributed by atoms with E-state index < -0.39 is 11.7 Å². The van der Waals surface area contributed by atoms with E-state index in [0.29, 0.717) is 11.5 Å². The molecule has 1 heterocycles. The Labute approximate surface area is 255 Å². The summed E-state index contributed by atoms with van der Waals surface area (Å²) in [6.07, 6.45) is 5.07. The van der Waals surface area contributed by atoms with Crippen LogP contribution in [0.4, 0.5) is 4.39 Å². The maximum Gasteiger partial charge on any atom is 0.338 e. The van der Waals surface area contributed by atoms with Gasteiger partial charge in [-0.15, -0.1) is 0 Å². The largest absolute Gasteiger partial charge is 0.459 e. The van der Waals surface area contributed by atoms with Crippen LogP contribution in [0.15, 0.2) is 78.9 Å². The Morgan fingerprint density at radius 3 is 2.16 bits per heavy atom. The van der Waals surface area contributed by atoms with Crippen LogP contribution in [-0.4, -0.2) is 28.5 Å². The lowest BCUT2D eigenvalue weighted by Gasteiger charge is -2.47. The van der Waals surface area contributed by atoms with Crippen LogP contribution in [0, 0.1) is 11.2 Å². The average Bonchev–Trinajstić information content (AvgIpc) is 3.25. The molecule has 1 aliphatic carbocycles. The van der Waals surface area contributed by atoms with Gasteiger partial charge in [-0.05, 0) is 105 Å². The summed E-state index contributed by atoms with van der Waals surface area (Å²) in [5.74, 6) is -0.205. The second-order valence-electron chi connectivity index (χ2n) is 13.7. The molecule has 0 aromatic heterocycles. The first-order chi connectivity index (χ1) is 20.5. The van der Waals surface area contributed by atoms with Crippen LogP contribution >= 0.6 is 0 Å². The van der Waals surface area contributed by atoms with Gasteiger partial charge in [0.1, 0.15) is 11.9 Å². The van der Waals surface area contributed by atoms with Gasteiger partial charge in [-0.2, -0.15) is 0 Å². The molecule has 1 unspecified atom stereocenters. The first-order valence-electron chi connectivity index (χ1n) is 15.7. The van der Waals surface area contributed by atoms with E-state index in [9.17, 15) is 14.0 Å². The molecular weight excluding hydrogens is 539 g/mol. The molecule has 5 rings (SSSR count). The highest BCUT2D eigenvalue weighted by molar-refractivity contribution is 5.90. The van der Waals surface area contributed by atoms with Gasteiger partial charge in [0.2, 0.25) is 5.91 Å². The molecule has 5 nitrogen and oxygen atoms in total. The second-order valence-corrected chi connectivity index (χ2v) is 13.7. The van der Waals surface area contributed by atoms with Crippen LogP contribution in [0.5, 0.6) is 0 Å².